The fourth-order valence-electron chi connectivity index (χ4n) is 4.14. The number of ether oxygens (including phenoxy) is 2. The number of carbonyl (C=O) groups is 2. The second-order valence-corrected chi connectivity index (χ2v) is 7.87. The van der Waals surface area contributed by atoms with Crippen LogP contribution in [0.4, 0.5) is 0 Å². The number of benzene rings is 2. The van der Waals surface area contributed by atoms with Gasteiger partial charge in [-0.25, -0.2) is 4.68 Å². The van der Waals surface area contributed by atoms with E-state index in [4.69, 9.17) is 9.47 Å². The summed E-state index contributed by atoms with van der Waals surface area (Å²) in [5.41, 5.74) is 2.07. The zero-order chi connectivity index (χ0) is 21.0. The fourth-order valence-corrected chi connectivity index (χ4v) is 4.14. The van der Waals surface area contributed by atoms with Crippen LogP contribution in [0.5, 0.6) is 5.75 Å². The maximum absolute atomic E-state index is 13.0. The van der Waals surface area contributed by atoms with E-state index in [1.807, 2.05) is 44.2 Å². The zero-order valence-corrected chi connectivity index (χ0v) is 16.7. The molecule has 2 aromatic carbocycles. The van der Waals surface area contributed by atoms with E-state index in [0.29, 0.717) is 28.2 Å². The van der Waals surface area contributed by atoms with Crippen molar-refractivity contribution < 1.29 is 19.1 Å². The molecule has 0 saturated heterocycles. The number of carbonyl (C=O) groups excluding carboxylic acids is 2. The van der Waals surface area contributed by atoms with Crippen LogP contribution in [0, 0.1) is 0 Å². The molecule has 2 heterocycles. The molecule has 1 aliphatic heterocycles. The van der Waals surface area contributed by atoms with Crippen LogP contribution < -0.4 is 4.74 Å². The Morgan fingerprint density at radius 3 is 2.40 bits per heavy atom. The van der Waals surface area contributed by atoms with Crippen molar-refractivity contribution >= 4 is 17.3 Å². The third-order valence-corrected chi connectivity index (χ3v) is 5.57. The molecular formula is C23H19N3O4. The summed E-state index contributed by atoms with van der Waals surface area (Å²) in [6, 6.07) is 13.9. The Balaban J connectivity index is 1.61. The number of Topliss-reactive ketones (excluding diaryl/α,β-unsaturated/α-hetero) is 2. The summed E-state index contributed by atoms with van der Waals surface area (Å²) >= 11 is 0. The van der Waals surface area contributed by atoms with Crippen molar-refractivity contribution in [2.45, 2.75) is 25.5 Å². The molecule has 1 atom stereocenters. The minimum atomic E-state index is -0.789. The molecule has 150 valence electrons. The van der Waals surface area contributed by atoms with Crippen molar-refractivity contribution in [1.82, 2.24) is 15.0 Å². The lowest BCUT2D eigenvalue weighted by Crippen LogP contribution is -2.35. The maximum atomic E-state index is 13.0. The second-order valence-electron chi connectivity index (χ2n) is 7.87. The van der Waals surface area contributed by atoms with Crippen LogP contribution in [0.25, 0.3) is 17.0 Å². The average molecular weight is 401 g/mol. The van der Waals surface area contributed by atoms with Gasteiger partial charge in [0.1, 0.15) is 28.8 Å². The molecule has 1 aromatic heterocycles. The van der Waals surface area contributed by atoms with Crippen molar-refractivity contribution in [3.8, 4) is 17.0 Å². The van der Waals surface area contributed by atoms with Crippen LogP contribution >= 0.6 is 0 Å². The first kappa shape index (κ1) is 18.3. The van der Waals surface area contributed by atoms with Gasteiger partial charge >= 0.3 is 0 Å². The van der Waals surface area contributed by atoms with Gasteiger partial charge in [-0.3, -0.25) is 9.59 Å². The molecule has 1 unspecified atom stereocenters. The standard InChI is InChI=1S/C23H19N3O4/c1-23(2)22(26-12-17(24-25-26)13-8-10-14(29-3)11-9-13)18-20(28)19(27)15-6-4-5-7-16(15)21(18)30-23/h4-12,22H,1-3H3. The Bertz CT molecular complexity index is 1220. The van der Waals surface area contributed by atoms with Crippen LogP contribution in [0.15, 0.2) is 60.3 Å². The third-order valence-electron chi connectivity index (χ3n) is 5.57. The predicted molar refractivity (Wildman–Crippen MR) is 109 cm³/mol. The number of hydrogen-bond donors (Lipinski definition) is 0. The monoisotopic (exact) mass is 401 g/mol. The second kappa shape index (κ2) is 6.38. The van der Waals surface area contributed by atoms with Crippen LogP contribution in [0.1, 0.15) is 35.8 Å². The Hall–Kier alpha value is -3.74. The van der Waals surface area contributed by atoms with Crippen molar-refractivity contribution in [2.75, 3.05) is 7.11 Å². The van der Waals surface area contributed by atoms with E-state index < -0.39 is 23.2 Å². The number of fused-ring (bicyclic) bond motifs is 2. The van der Waals surface area contributed by atoms with Gasteiger partial charge in [0.25, 0.3) is 0 Å². The van der Waals surface area contributed by atoms with Gasteiger partial charge in [0.15, 0.2) is 0 Å². The summed E-state index contributed by atoms with van der Waals surface area (Å²) in [7, 11) is 1.61. The molecule has 0 amide bonds. The lowest BCUT2D eigenvalue weighted by molar-refractivity contribution is -0.112. The fraction of sp³-hybridized carbons (Fsp3) is 0.217. The smallest absolute Gasteiger partial charge is 0.235 e. The maximum Gasteiger partial charge on any atom is 0.235 e. The lowest BCUT2D eigenvalue weighted by atomic mass is 9.83. The minimum Gasteiger partial charge on any atom is -0.497 e. The van der Waals surface area contributed by atoms with Gasteiger partial charge in [0.2, 0.25) is 11.6 Å². The number of rotatable bonds is 3. The Morgan fingerprint density at radius 2 is 1.70 bits per heavy atom. The van der Waals surface area contributed by atoms with Gasteiger partial charge in [-0.2, -0.15) is 0 Å². The van der Waals surface area contributed by atoms with Crippen LogP contribution in [0.2, 0.25) is 0 Å². The van der Waals surface area contributed by atoms with Crippen LogP contribution in [-0.2, 0) is 9.53 Å². The van der Waals surface area contributed by atoms with Crippen molar-refractivity contribution in [1.29, 1.82) is 0 Å². The van der Waals surface area contributed by atoms with E-state index >= 15 is 0 Å². The summed E-state index contributed by atoms with van der Waals surface area (Å²) in [4.78, 5) is 25.8. The van der Waals surface area contributed by atoms with Crippen molar-refractivity contribution in [2.24, 2.45) is 0 Å². The molecule has 5 rings (SSSR count). The Kier molecular flexibility index (Phi) is 3.89. The molecular weight excluding hydrogens is 382 g/mol. The Labute approximate surface area is 172 Å². The highest BCUT2D eigenvalue weighted by Crippen LogP contribution is 2.49. The highest BCUT2D eigenvalue weighted by Gasteiger charge is 2.52. The number of hydrogen-bond acceptors (Lipinski definition) is 6. The molecule has 30 heavy (non-hydrogen) atoms. The summed E-state index contributed by atoms with van der Waals surface area (Å²) in [5, 5.41) is 8.55. The lowest BCUT2D eigenvalue weighted by Gasteiger charge is -2.27. The van der Waals surface area contributed by atoms with Gasteiger partial charge in [0.05, 0.1) is 18.9 Å². The first-order valence-electron chi connectivity index (χ1n) is 9.58. The molecule has 7 nitrogen and oxygen atoms in total. The van der Waals surface area contributed by atoms with E-state index in [0.717, 1.165) is 11.3 Å². The number of ketones is 2. The van der Waals surface area contributed by atoms with Gasteiger partial charge < -0.3 is 9.47 Å². The van der Waals surface area contributed by atoms with Gasteiger partial charge in [-0.15, -0.1) is 5.10 Å². The summed E-state index contributed by atoms with van der Waals surface area (Å²) in [6.07, 6.45) is 1.77. The molecule has 1 aliphatic carbocycles. The molecule has 0 saturated carbocycles. The van der Waals surface area contributed by atoms with Crippen molar-refractivity contribution in [3.63, 3.8) is 0 Å². The van der Waals surface area contributed by atoms with Gasteiger partial charge in [0, 0.05) is 16.7 Å². The number of aromatic nitrogens is 3. The molecule has 0 fully saturated rings. The first-order chi connectivity index (χ1) is 14.4. The SMILES string of the molecule is COc1ccc(-c2cn(C3C4=C(OC3(C)C)c3ccccc3C(=O)C4=O)nn2)cc1. The molecule has 0 N–H and O–H groups in total. The molecule has 0 spiro atoms. The predicted octanol–water partition coefficient (Wildman–Crippen LogP) is 3.48. The van der Waals surface area contributed by atoms with Gasteiger partial charge in [-0.05, 0) is 38.1 Å². The molecule has 2 aliphatic rings. The largest absolute Gasteiger partial charge is 0.497 e. The highest BCUT2D eigenvalue weighted by atomic mass is 16.5. The highest BCUT2D eigenvalue weighted by molar-refractivity contribution is 6.52. The number of methoxy groups -OCH3 is 1. The molecule has 0 radical (unpaired) electrons. The summed E-state index contributed by atoms with van der Waals surface area (Å²) < 4.78 is 13.0. The van der Waals surface area contributed by atoms with Crippen LogP contribution in [-0.4, -0.2) is 39.3 Å². The molecule has 7 heteroatoms. The minimum absolute atomic E-state index is 0.329. The quantitative estimate of drug-likeness (QED) is 0.625. The average Bonchev–Trinajstić information content (AvgIpc) is 3.34. The summed E-state index contributed by atoms with van der Waals surface area (Å²) in [6.45, 7) is 3.76. The van der Waals surface area contributed by atoms with E-state index in [-0.39, 0.29) is 0 Å². The summed E-state index contributed by atoms with van der Waals surface area (Å²) in [5.74, 6) is 0.120. The zero-order valence-electron chi connectivity index (χ0n) is 16.7. The first-order valence-corrected chi connectivity index (χ1v) is 9.58. The Morgan fingerprint density at radius 1 is 1.00 bits per heavy atom. The van der Waals surface area contributed by atoms with Gasteiger partial charge in [-0.1, -0.05) is 29.5 Å². The van der Waals surface area contributed by atoms with E-state index in [1.54, 1.807) is 36.2 Å². The number of nitrogens with zero attached hydrogens (tertiary/aromatic N) is 3. The normalized spacial score (nSPS) is 19.4. The van der Waals surface area contributed by atoms with E-state index in [2.05, 4.69) is 10.3 Å². The topological polar surface area (TPSA) is 83.3 Å². The third kappa shape index (κ3) is 2.58. The van der Waals surface area contributed by atoms with Crippen molar-refractivity contribution in [3.05, 3.63) is 71.4 Å². The van der Waals surface area contributed by atoms with Crippen LogP contribution in [0.3, 0.4) is 0 Å². The van der Waals surface area contributed by atoms with E-state index in [1.165, 1.54) is 0 Å². The van der Waals surface area contributed by atoms with E-state index in [9.17, 15) is 9.59 Å². The molecule has 3 aromatic rings. The molecule has 0 bridgehead atoms.